The summed E-state index contributed by atoms with van der Waals surface area (Å²) in [5, 5.41) is 0. The van der Waals surface area contributed by atoms with Crippen molar-refractivity contribution in [3.05, 3.63) is 44.2 Å². The molecule has 1 amide bonds. The van der Waals surface area contributed by atoms with Crippen LogP contribution in [0.25, 0.3) is 0 Å². The van der Waals surface area contributed by atoms with E-state index in [2.05, 4.69) is 43.8 Å². The minimum absolute atomic E-state index is 0.0109. The molecule has 1 aromatic carbocycles. The Bertz CT molecular complexity index is 1050. The molecule has 0 aliphatic carbocycles. The second-order valence-corrected chi connectivity index (χ2v) is 13.1. The average Bonchev–Trinajstić information content (AvgIpc) is 3.29. The van der Waals surface area contributed by atoms with Gasteiger partial charge in [-0.1, -0.05) is 18.2 Å². The lowest BCUT2D eigenvalue weighted by Gasteiger charge is -2.36. The number of hydrogen-bond acceptors (Lipinski definition) is 5. The Hall–Kier alpha value is -0.940. The van der Waals surface area contributed by atoms with Gasteiger partial charge in [0, 0.05) is 17.6 Å². The molecule has 1 fully saturated rings. The third kappa shape index (κ3) is 3.97. The first-order valence-corrected chi connectivity index (χ1v) is 13.6. The number of sulfonamides is 1. The summed E-state index contributed by atoms with van der Waals surface area (Å²) in [4.78, 5) is 17.5. The molecule has 4 rings (SSSR count). The summed E-state index contributed by atoms with van der Waals surface area (Å²) in [7, 11) is 0.182. The highest BCUT2D eigenvalue weighted by atomic mass is 79.9. The van der Waals surface area contributed by atoms with Gasteiger partial charge < -0.3 is 9.80 Å². The zero-order chi connectivity index (χ0) is 21.6. The summed E-state index contributed by atoms with van der Waals surface area (Å²) < 4.78 is 29.9. The summed E-state index contributed by atoms with van der Waals surface area (Å²) in [5.74, 6) is -0.504. The van der Waals surface area contributed by atoms with Crippen LogP contribution in [0, 0.1) is 0 Å². The third-order valence-electron chi connectivity index (χ3n) is 5.98. The van der Waals surface area contributed by atoms with Crippen LogP contribution in [0.2, 0.25) is 0 Å². The van der Waals surface area contributed by atoms with E-state index in [0.29, 0.717) is 10.2 Å². The number of piperidine rings is 1. The number of thiophene rings is 1. The molecular formula is C20H23Br2N3O3S2. The summed E-state index contributed by atoms with van der Waals surface area (Å²) in [6.07, 6.45) is 1.87. The highest BCUT2D eigenvalue weighted by Gasteiger charge is 2.42. The van der Waals surface area contributed by atoms with Gasteiger partial charge in [0.25, 0.3) is 10.0 Å². The van der Waals surface area contributed by atoms with Crippen LogP contribution in [0.15, 0.2) is 42.8 Å². The number of amides is 1. The van der Waals surface area contributed by atoms with Crippen LogP contribution < -0.4 is 4.31 Å². The standard InChI is InChI=1S/C20H23Br2N3O3S2/c1-23-9-7-13(8-10-23)24(2)20(26)15-12-25(17-6-4-3-5-14(15)17)30(27,28)18-11-16(21)19(22)29-18/h3-6,11,13,15H,7-10,12H2,1-2H3. The van der Waals surface area contributed by atoms with Crippen LogP contribution in [0.1, 0.15) is 24.3 Å². The lowest BCUT2D eigenvalue weighted by Crippen LogP contribution is -2.46. The van der Waals surface area contributed by atoms with Gasteiger partial charge in [0.1, 0.15) is 4.21 Å². The molecule has 1 atom stereocenters. The molecule has 0 N–H and O–H groups in total. The molecule has 2 aliphatic rings. The van der Waals surface area contributed by atoms with E-state index in [-0.39, 0.29) is 22.7 Å². The van der Waals surface area contributed by atoms with Gasteiger partial charge in [-0.15, -0.1) is 11.3 Å². The maximum atomic E-state index is 13.4. The smallest absolute Gasteiger partial charge is 0.273 e. The molecule has 1 unspecified atom stereocenters. The van der Waals surface area contributed by atoms with Crippen molar-refractivity contribution >= 4 is 64.8 Å². The van der Waals surface area contributed by atoms with E-state index >= 15 is 0 Å². The second kappa shape index (κ2) is 8.54. The summed E-state index contributed by atoms with van der Waals surface area (Å²) >= 11 is 7.91. The Morgan fingerprint density at radius 2 is 1.87 bits per heavy atom. The van der Waals surface area contributed by atoms with Gasteiger partial charge in [-0.2, -0.15) is 0 Å². The van der Waals surface area contributed by atoms with Gasteiger partial charge in [-0.05, 0) is 82.5 Å². The molecule has 0 radical (unpaired) electrons. The number of carbonyl (C=O) groups is 1. The number of hydrogen-bond donors (Lipinski definition) is 0. The Kier molecular flexibility index (Phi) is 6.33. The lowest BCUT2D eigenvalue weighted by atomic mass is 9.97. The summed E-state index contributed by atoms with van der Waals surface area (Å²) in [6, 6.07) is 9.13. The molecule has 2 aromatic rings. The van der Waals surface area contributed by atoms with E-state index in [1.807, 2.05) is 30.1 Å². The molecule has 2 aliphatic heterocycles. The molecule has 10 heteroatoms. The molecule has 0 bridgehead atoms. The van der Waals surface area contributed by atoms with Gasteiger partial charge in [0.05, 0.1) is 21.9 Å². The van der Waals surface area contributed by atoms with Crippen molar-refractivity contribution in [3.63, 3.8) is 0 Å². The van der Waals surface area contributed by atoms with Crippen molar-refractivity contribution in [1.29, 1.82) is 0 Å². The van der Waals surface area contributed by atoms with Crippen LogP contribution in [-0.2, 0) is 14.8 Å². The zero-order valence-corrected chi connectivity index (χ0v) is 21.5. The minimum atomic E-state index is -3.76. The number of carbonyl (C=O) groups excluding carboxylic acids is 1. The van der Waals surface area contributed by atoms with E-state index in [9.17, 15) is 13.2 Å². The quantitative estimate of drug-likeness (QED) is 0.549. The predicted molar refractivity (Wildman–Crippen MR) is 127 cm³/mol. The maximum absolute atomic E-state index is 13.4. The van der Waals surface area contributed by atoms with Crippen LogP contribution in [-0.4, -0.2) is 63.9 Å². The topological polar surface area (TPSA) is 60.9 Å². The number of halogens is 2. The number of para-hydroxylation sites is 1. The van der Waals surface area contributed by atoms with E-state index in [1.165, 1.54) is 4.31 Å². The van der Waals surface area contributed by atoms with E-state index in [1.54, 1.807) is 12.1 Å². The number of nitrogens with zero attached hydrogens (tertiary/aromatic N) is 3. The molecular weight excluding hydrogens is 554 g/mol. The first-order chi connectivity index (χ1) is 14.2. The van der Waals surface area contributed by atoms with Gasteiger partial charge >= 0.3 is 0 Å². The largest absolute Gasteiger partial charge is 0.342 e. The average molecular weight is 577 g/mol. The molecule has 162 valence electrons. The molecule has 30 heavy (non-hydrogen) atoms. The Balaban J connectivity index is 1.63. The Morgan fingerprint density at radius 3 is 2.50 bits per heavy atom. The molecule has 0 spiro atoms. The van der Waals surface area contributed by atoms with Crippen molar-refractivity contribution in [2.75, 3.05) is 38.0 Å². The van der Waals surface area contributed by atoms with Crippen molar-refractivity contribution in [2.24, 2.45) is 0 Å². The number of benzene rings is 1. The number of fused-ring (bicyclic) bond motifs is 1. The third-order valence-corrected chi connectivity index (χ3v) is 11.5. The van der Waals surface area contributed by atoms with Crippen LogP contribution in [0.4, 0.5) is 5.69 Å². The van der Waals surface area contributed by atoms with Crippen molar-refractivity contribution in [1.82, 2.24) is 9.80 Å². The van der Waals surface area contributed by atoms with Crippen molar-refractivity contribution in [2.45, 2.75) is 29.0 Å². The van der Waals surface area contributed by atoms with Gasteiger partial charge in [0.15, 0.2) is 0 Å². The van der Waals surface area contributed by atoms with Crippen molar-refractivity contribution < 1.29 is 13.2 Å². The lowest BCUT2D eigenvalue weighted by molar-refractivity contribution is -0.134. The minimum Gasteiger partial charge on any atom is -0.342 e. The van der Waals surface area contributed by atoms with Crippen LogP contribution in [0.5, 0.6) is 0 Å². The number of likely N-dealkylation sites (tertiary alicyclic amines) is 1. The van der Waals surface area contributed by atoms with Gasteiger partial charge in [-0.25, -0.2) is 8.42 Å². The fourth-order valence-corrected chi connectivity index (χ4v) is 8.62. The fraction of sp³-hybridized carbons (Fsp3) is 0.450. The van der Waals surface area contributed by atoms with E-state index in [4.69, 9.17) is 0 Å². The Morgan fingerprint density at radius 1 is 1.20 bits per heavy atom. The summed E-state index contributed by atoms with van der Waals surface area (Å²) in [6.45, 7) is 2.06. The van der Waals surface area contributed by atoms with Crippen LogP contribution in [0.3, 0.4) is 0 Å². The van der Waals surface area contributed by atoms with E-state index in [0.717, 1.165) is 46.6 Å². The van der Waals surface area contributed by atoms with Gasteiger partial charge in [-0.3, -0.25) is 9.10 Å². The van der Waals surface area contributed by atoms with Gasteiger partial charge in [0.2, 0.25) is 5.91 Å². The fourth-order valence-electron chi connectivity index (χ4n) is 4.18. The first-order valence-electron chi connectivity index (χ1n) is 9.72. The van der Waals surface area contributed by atoms with Crippen molar-refractivity contribution in [3.8, 4) is 0 Å². The zero-order valence-electron chi connectivity index (χ0n) is 16.7. The molecule has 1 aromatic heterocycles. The predicted octanol–water partition coefficient (Wildman–Crippen LogP) is 4.12. The van der Waals surface area contributed by atoms with Crippen LogP contribution >= 0.6 is 43.2 Å². The number of rotatable bonds is 4. The summed E-state index contributed by atoms with van der Waals surface area (Å²) in [5.41, 5.74) is 1.37. The maximum Gasteiger partial charge on any atom is 0.273 e. The molecule has 3 heterocycles. The molecule has 1 saturated heterocycles. The molecule has 0 saturated carbocycles. The highest BCUT2D eigenvalue weighted by molar-refractivity contribution is 9.13. The molecule has 6 nitrogen and oxygen atoms in total. The number of anilines is 1. The first kappa shape index (κ1) is 22.3. The second-order valence-electron chi connectivity index (χ2n) is 7.82. The highest BCUT2D eigenvalue weighted by Crippen LogP contribution is 2.43. The normalized spacial score (nSPS) is 20.4. The van der Waals surface area contributed by atoms with E-state index < -0.39 is 15.9 Å². The monoisotopic (exact) mass is 575 g/mol. The SMILES string of the molecule is CN1CCC(N(C)C(=O)C2CN(S(=O)(=O)c3cc(Br)c(Br)s3)c3ccccc32)CC1. The number of likely N-dealkylation sites (N-methyl/N-ethyl adjacent to an activating group) is 1. The Labute approximate surface area is 198 Å².